The second kappa shape index (κ2) is 6.73. The summed E-state index contributed by atoms with van der Waals surface area (Å²) in [6.45, 7) is 17.3. The van der Waals surface area contributed by atoms with Crippen LogP contribution >= 0.6 is 0 Å². The standard InChI is InChI=1S/C30H48O2/c1-25(2)14-15-27(5)16-17-30(19-31)20(21(27)18-25)8-9-23-28(6)12-11-24(32)26(3,4)22(28)10-13-29(23,30)7/h8,21-23,31H,9-19H2,1-7H3/t21-,22-,23+,27+,28-,29+,30-/m0/s1. The number of rotatable bonds is 1. The van der Waals surface area contributed by atoms with Gasteiger partial charge in [0, 0.05) is 17.3 Å². The normalized spacial score (nSPS) is 51.6. The Bertz CT molecular complexity index is 851. The molecule has 4 fully saturated rings. The number of aliphatic hydroxyl groups excluding tert-OH is 1. The molecule has 0 saturated heterocycles. The highest BCUT2D eigenvalue weighted by Gasteiger charge is 2.69. The van der Waals surface area contributed by atoms with Crippen LogP contribution in [0, 0.1) is 50.2 Å². The van der Waals surface area contributed by atoms with Crippen LogP contribution in [0.1, 0.15) is 113 Å². The Morgan fingerprint density at radius 1 is 0.906 bits per heavy atom. The smallest absolute Gasteiger partial charge is 0.138 e. The van der Waals surface area contributed by atoms with Gasteiger partial charge >= 0.3 is 0 Å². The van der Waals surface area contributed by atoms with Crippen LogP contribution in [-0.2, 0) is 4.79 Å². The third-order valence-electron chi connectivity index (χ3n) is 12.8. The highest BCUT2D eigenvalue weighted by Crippen LogP contribution is 2.75. The summed E-state index contributed by atoms with van der Waals surface area (Å²) in [7, 11) is 0. The molecule has 4 saturated carbocycles. The number of hydrogen-bond acceptors (Lipinski definition) is 2. The van der Waals surface area contributed by atoms with Crippen molar-refractivity contribution in [3.05, 3.63) is 11.6 Å². The summed E-state index contributed by atoms with van der Waals surface area (Å²) >= 11 is 0. The van der Waals surface area contributed by atoms with E-state index in [1.54, 1.807) is 5.57 Å². The van der Waals surface area contributed by atoms with E-state index in [4.69, 9.17) is 0 Å². The third kappa shape index (κ3) is 2.71. The Morgan fingerprint density at radius 2 is 1.59 bits per heavy atom. The van der Waals surface area contributed by atoms with Gasteiger partial charge in [-0.3, -0.25) is 4.79 Å². The number of carbonyl (C=O) groups is 1. The highest BCUT2D eigenvalue weighted by molar-refractivity contribution is 5.85. The van der Waals surface area contributed by atoms with Gasteiger partial charge in [0.05, 0.1) is 6.61 Å². The molecule has 7 atom stereocenters. The first kappa shape index (κ1) is 23.1. The van der Waals surface area contributed by atoms with E-state index in [0.29, 0.717) is 41.0 Å². The van der Waals surface area contributed by atoms with Crippen LogP contribution in [0.4, 0.5) is 0 Å². The molecule has 2 heteroatoms. The summed E-state index contributed by atoms with van der Waals surface area (Å²) in [5.41, 5.74) is 2.52. The first-order valence-corrected chi connectivity index (χ1v) is 13.6. The van der Waals surface area contributed by atoms with Crippen LogP contribution in [0.5, 0.6) is 0 Å². The molecule has 0 radical (unpaired) electrons. The lowest BCUT2D eigenvalue weighted by atomic mass is 9.33. The minimum Gasteiger partial charge on any atom is -0.395 e. The average molecular weight is 441 g/mol. The molecule has 1 N–H and O–H groups in total. The zero-order chi connectivity index (χ0) is 23.4. The maximum Gasteiger partial charge on any atom is 0.138 e. The van der Waals surface area contributed by atoms with E-state index in [1.807, 2.05) is 0 Å². The van der Waals surface area contributed by atoms with Crippen LogP contribution in [0.3, 0.4) is 0 Å². The van der Waals surface area contributed by atoms with Crippen molar-refractivity contribution in [2.45, 2.75) is 113 Å². The number of ketones is 1. The molecule has 0 bridgehead atoms. The summed E-state index contributed by atoms with van der Waals surface area (Å²) < 4.78 is 0. The van der Waals surface area contributed by atoms with E-state index >= 15 is 0 Å². The Labute approximate surface area is 197 Å². The summed E-state index contributed by atoms with van der Waals surface area (Å²) in [6, 6.07) is 0. The molecule has 32 heavy (non-hydrogen) atoms. The Balaban J connectivity index is 1.61. The third-order valence-corrected chi connectivity index (χ3v) is 12.8. The van der Waals surface area contributed by atoms with Gasteiger partial charge in [0.1, 0.15) is 5.78 Å². The fourth-order valence-electron chi connectivity index (χ4n) is 10.5. The highest BCUT2D eigenvalue weighted by atomic mass is 16.3. The first-order chi connectivity index (χ1) is 14.8. The van der Waals surface area contributed by atoms with Gasteiger partial charge in [-0.05, 0) is 97.2 Å². The number of hydrogen-bond donors (Lipinski definition) is 1. The van der Waals surface area contributed by atoms with Crippen LogP contribution in [-0.4, -0.2) is 17.5 Å². The van der Waals surface area contributed by atoms with Gasteiger partial charge in [0.2, 0.25) is 0 Å². The SMILES string of the molecule is CC1(C)CC[C@]2(C)CC[C@]3(CO)C(=CC[C@@H]4[C@@]5(C)CCC(=O)C(C)(C)[C@@H]5CC[C@]43C)[C@@H]2C1. The molecule has 0 aromatic heterocycles. The van der Waals surface area contributed by atoms with Gasteiger partial charge in [0.15, 0.2) is 0 Å². The van der Waals surface area contributed by atoms with E-state index in [0.717, 1.165) is 32.1 Å². The van der Waals surface area contributed by atoms with Crippen molar-refractivity contribution >= 4 is 5.78 Å². The van der Waals surface area contributed by atoms with E-state index in [1.165, 1.54) is 32.1 Å². The number of allylic oxidation sites excluding steroid dienone is 1. The molecule has 0 aromatic rings. The molecule has 2 nitrogen and oxygen atoms in total. The van der Waals surface area contributed by atoms with Gasteiger partial charge in [-0.2, -0.15) is 0 Å². The number of carbonyl (C=O) groups excluding carboxylic acids is 1. The molecule has 5 rings (SSSR count). The predicted octanol–water partition coefficient (Wildman–Crippen LogP) is 7.35. The summed E-state index contributed by atoms with van der Waals surface area (Å²) in [5, 5.41) is 11.2. The maximum absolute atomic E-state index is 12.9. The van der Waals surface area contributed by atoms with E-state index in [-0.39, 0.29) is 21.7 Å². The van der Waals surface area contributed by atoms with Gasteiger partial charge in [0.25, 0.3) is 0 Å². The maximum atomic E-state index is 12.9. The molecular weight excluding hydrogens is 392 g/mol. The number of aliphatic hydroxyl groups is 1. The zero-order valence-electron chi connectivity index (χ0n) is 21.9. The monoisotopic (exact) mass is 440 g/mol. The second-order valence-electron chi connectivity index (χ2n) is 14.9. The lowest BCUT2D eigenvalue weighted by Gasteiger charge is -2.71. The summed E-state index contributed by atoms with van der Waals surface area (Å²) in [5.74, 6) is 2.14. The van der Waals surface area contributed by atoms with Gasteiger partial charge in [-0.15, -0.1) is 0 Å². The number of fused-ring (bicyclic) bond motifs is 7. The fraction of sp³-hybridized carbons (Fsp3) is 0.900. The molecule has 0 unspecified atom stereocenters. The lowest BCUT2D eigenvalue weighted by molar-refractivity contribution is -0.194. The zero-order valence-corrected chi connectivity index (χ0v) is 21.9. The van der Waals surface area contributed by atoms with Crippen molar-refractivity contribution in [3.63, 3.8) is 0 Å². The average Bonchev–Trinajstić information content (AvgIpc) is 2.71. The Morgan fingerprint density at radius 3 is 2.28 bits per heavy atom. The largest absolute Gasteiger partial charge is 0.395 e. The van der Waals surface area contributed by atoms with Crippen LogP contribution in [0.25, 0.3) is 0 Å². The lowest BCUT2D eigenvalue weighted by Crippen LogP contribution is -2.65. The molecular formula is C30H48O2. The van der Waals surface area contributed by atoms with Crippen molar-refractivity contribution in [1.29, 1.82) is 0 Å². The van der Waals surface area contributed by atoms with Crippen molar-refractivity contribution in [2.24, 2.45) is 50.2 Å². The molecule has 0 heterocycles. The van der Waals surface area contributed by atoms with E-state index in [9.17, 15) is 9.90 Å². The molecule has 0 aliphatic heterocycles. The van der Waals surface area contributed by atoms with Crippen LogP contribution in [0.2, 0.25) is 0 Å². The summed E-state index contributed by atoms with van der Waals surface area (Å²) in [4.78, 5) is 12.9. The molecule has 5 aliphatic carbocycles. The van der Waals surface area contributed by atoms with E-state index < -0.39 is 0 Å². The number of Topliss-reactive ketones (excluding diaryl/α,β-unsaturated/α-hetero) is 1. The first-order valence-electron chi connectivity index (χ1n) is 13.6. The quantitative estimate of drug-likeness (QED) is 0.433. The molecule has 0 amide bonds. The molecule has 0 aromatic carbocycles. The second-order valence-corrected chi connectivity index (χ2v) is 14.9. The van der Waals surface area contributed by atoms with Crippen molar-refractivity contribution in [2.75, 3.05) is 6.61 Å². The van der Waals surface area contributed by atoms with Crippen LogP contribution in [0.15, 0.2) is 11.6 Å². The molecule has 0 spiro atoms. The Kier molecular flexibility index (Phi) is 4.87. The minimum absolute atomic E-state index is 0.0624. The predicted molar refractivity (Wildman–Crippen MR) is 131 cm³/mol. The minimum atomic E-state index is -0.205. The van der Waals surface area contributed by atoms with Gasteiger partial charge in [-0.25, -0.2) is 0 Å². The fourth-order valence-corrected chi connectivity index (χ4v) is 10.5. The Hall–Kier alpha value is -0.630. The van der Waals surface area contributed by atoms with E-state index in [2.05, 4.69) is 54.5 Å². The summed E-state index contributed by atoms with van der Waals surface area (Å²) in [6.07, 6.45) is 14.2. The van der Waals surface area contributed by atoms with Gasteiger partial charge in [-0.1, -0.05) is 60.1 Å². The topological polar surface area (TPSA) is 37.3 Å². The van der Waals surface area contributed by atoms with Crippen LogP contribution < -0.4 is 0 Å². The molecule has 5 aliphatic rings. The van der Waals surface area contributed by atoms with Crippen molar-refractivity contribution in [1.82, 2.24) is 0 Å². The molecule has 180 valence electrons. The van der Waals surface area contributed by atoms with Crippen molar-refractivity contribution < 1.29 is 9.90 Å². The van der Waals surface area contributed by atoms with Crippen molar-refractivity contribution in [3.8, 4) is 0 Å². The van der Waals surface area contributed by atoms with Gasteiger partial charge < -0.3 is 5.11 Å².